The van der Waals surface area contributed by atoms with Gasteiger partial charge in [0.2, 0.25) is 0 Å². The fraction of sp³-hybridized carbons (Fsp3) is 0.455. The van der Waals surface area contributed by atoms with Crippen molar-refractivity contribution in [3.63, 3.8) is 0 Å². The van der Waals surface area contributed by atoms with Crippen molar-refractivity contribution in [1.29, 1.82) is 0 Å². The normalized spacial score (nSPS) is 17.1. The zero-order chi connectivity index (χ0) is 8.67. The summed E-state index contributed by atoms with van der Waals surface area (Å²) in [6.07, 6.45) is 3.55. The van der Waals surface area contributed by atoms with Gasteiger partial charge in [-0.15, -0.1) is 12.4 Å². The van der Waals surface area contributed by atoms with Crippen LogP contribution in [0.25, 0.3) is 0 Å². The monoisotopic (exact) mass is 211 g/mol. The minimum absolute atomic E-state index is 0. The Bertz CT molecular complexity index is 351. The van der Waals surface area contributed by atoms with Gasteiger partial charge in [0.15, 0.2) is 0 Å². The van der Waals surface area contributed by atoms with Gasteiger partial charge >= 0.3 is 0 Å². The molecule has 1 aromatic rings. The number of anilines is 1. The first-order valence-corrected chi connectivity index (χ1v) is 4.96. The van der Waals surface area contributed by atoms with Gasteiger partial charge < -0.3 is 10.1 Å². The molecule has 0 amide bonds. The van der Waals surface area contributed by atoms with Gasteiger partial charge in [-0.2, -0.15) is 0 Å². The zero-order valence-electron chi connectivity index (χ0n) is 8.01. The summed E-state index contributed by atoms with van der Waals surface area (Å²) in [6, 6.07) is 4.32. The highest BCUT2D eigenvalue weighted by atomic mass is 35.5. The van der Waals surface area contributed by atoms with Crippen LogP contribution in [-0.4, -0.2) is 13.2 Å². The molecule has 2 heterocycles. The van der Waals surface area contributed by atoms with E-state index >= 15 is 0 Å². The molecule has 0 saturated heterocycles. The van der Waals surface area contributed by atoms with Gasteiger partial charge in [-0.1, -0.05) is 6.07 Å². The fourth-order valence-corrected chi connectivity index (χ4v) is 2.24. The SMILES string of the molecule is Cl.c1cc2c(c3c1CCCN3)CCO2. The summed E-state index contributed by atoms with van der Waals surface area (Å²) < 4.78 is 5.52. The topological polar surface area (TPSA) is 21.3 Å². The van der Waals surface area contributed by atoms with Gasteiger partial charge in [-0.05, 0) is 24.5 Å². The second kappa shape index (κ2) is 3.70. The summed E-state index contributed by atoms with van der Waals surface area (Å²) in [7, 11) is 0. The lowest BCUT2D eigenvalue weighted by molar-refractivity contribution is 0.357. The van der Waals surface area contributed by atoms with Crippen molar-refractivity contribution in [2.75, 3.05) is 18.5 Å². The van der Waals surface area contributed by atoms with Crippen LogP contribution in [0, 0.1) is 0 Å². The molecule has 3 rings (SSSR count). The van der Waals surface area contributed by atoms with Crippen LogP contribution in [0.1, 0.15) is 17.5 Å². The molecular weight excluding hydrogens is 198 g/mol. The summed E-state index contributed by atoms with van der Waals surface area (Å²) in [4.78, 5) is 0. The molecule has 0 aliphatic carbocycles. The standard InChI is InChI=1S/C11H13NO.ClH/c1-2-8-3-4-10-9(5-7-13-10)11(8)12-6-1;/h3-4,12H,1-2,5-7H2;1H. The minimum atomic E-state index is 0. The quantitative estimate of drug-likeness (QED) is 0.712. The van der Waals surface area contributed by atoms with E-state index in [4.69, 9.17) is 4.74 Å². The molecule has 14 heavy (non-hydrogen) atoms. The van der Waals surface area contributed by atoms with E-state index in [0.717, 1.165) is 25.3 Å². The maximum Gasteiger partial charge on any atom is 0.124 e. The van der Waals surface area contributed by atoms with Crippen LogP contribution in [0.2, 0.25) is 0 Å². The number of ether oxygens (including phenoxy) is 1. The zero-order valence-corrected chi connectivity index (χ0v) is 8.82. The second-order valence-corrected chi connectivity index (χ2v) is 3.71. The number of fused-ring (bicyclic) bond motifs is 3. The van der Waals surface area contributed by atoms with Crippen LogP contribution in [0.3, 0.4) is 0 Å². The van der Waals surface area contributed by atoms with E-state index < -0.39 is 0 Å². The molecule has 2 nitrogen and oxygen atoms in total. The van der Waals surface area contributed by atoms with Gasteiger partial charge in [0, 0.05) is 24.2 Å². The Kier molecular flexibility index (Phi) is 2.55. The highest BCUT2D eigenvalue weighted by molar-refractivity contribution is 5.85. The van der Waals surface area contributed by atoms with Crippen LogP contribution >= 0.6 is 12.4 Å². The average molecular weight is 212 g/mol. The van der Waals surface area contributed by atoms with Crippen LogP contribution in [-0.2, 0) is 12.8 Å². The molecule has 1 aromatic carbocycles. The molecule has 0 aromatic heterocycles. The van der Waals surface area contributed by atoms with Crippen molar-refractivity contribution in [2.45, 2.75) is 19.3 Å². The van der Waals surface area contributed by atoms with Crippen molar-refractivity contribution in [3.8, 4) is 5.75 Å². The number of nitrogens with one attached hydrogen (secondary N) is 1. The third kappa shape index (κ3) is 1.34. The fourth-order valence-electron chi connectivity index (χ4n) is 2.24. The molecule has 0 bridgehead atoms. The van der Waals surface area contributed by atoms with E-state index in [-0.39, 0.29) is 12.4 Å². The van der Waals surface area contributed by atoms with Crippen molar-refractivity contribution >= 4 is 18.1 Å². The summed E-state index contributed by atoms with van der Waals surface area (Å²) in [5.41, 5.74) is 4.23. The molecular formula is C11H14ClNO. The summed E-state index contributed by atoms with van der Waals surface area (Å²) >= 11 is 0. The lowest BCUT2D eigenvalue weighted by Gasteiger charge is -2.20. The van der Waals surface area contributed by atoms with Crippen molar-refractivity contribution in [3.05, 3.63) is 23.3 Å². The molecule has 76 valence electrons. The van der Waals surface area contributed by atoms with Crippen molar-refractivity contribution < 1.29 is 4.74 Å². The minimum Gasteiger partial charge on any atom is -0.493 e. The van der Waals surface area contributed by atoms with Crippen LogP contribution in [0.4, 0.5) is 5.69 Å². The van der Waals surface area contributed by atoms with Crippen LogP contribution in [0.15, 0.2) is 12.1 Å². The smallest absolute Gasteiger partial charge is 0.124 e. The van der Waals surface area contributed by atoms with Crippen LogP contribution < -0.4 is 10.1 Å². The van der Waals surface area contributed by atoms with E-state index in [1.807, 2.05) is 0 Å². The molecule has 0 fully saturated rings. The Hall–Kier alpha value is -0.890. The predicted molar refractivity (Wildman–Crippen MR) is 59.7 cm³/mol. The Morgan fingerprint density at radius 3 is 3.07 bits per heavy atom. The third-order valence-corrected chi connectivity index (χ3v) is 2.89. The predicted octanol–water partition coefficient (Wildman–Crippen LogP) is 2.40. The van der Waals surface area contributed by atoms with E-state index in [1.54, 1.807) is 0 Å². The molecule has 0 unspecified atom stereocenters. The lowest BCUT2D eigenvalue weighted by atomic mass is 9.98. The second-order valence-electron chi connectivity index (χ2n) is 3.71. The van der Waals surface area contributed by atoms with E-state index in [2.05, 4.69) is 17.4 Å². The number of aryl methyl sites for hydroxylation is 1. The Labute approximate surface area is 90.1 Å². The molecule has 2 aliphatic rings. The molecule has 0 radical (unpaired) electrons. The van der Waals surface area contributed by atoms with E-state index in [9.17, 15) is 0 Å². The first-order valence-electron chi connectivity index (χ1n) is 4.96. The Balaban J connectivity index is 0.000000750. The highest BCUT2D eigenvalue weighted by Gasteiger charge is 2.20. The van der Waals surface area contributed by atoms with E-state index in [1.165, 1.54) is 29.7 Å². The molecule has 0 saturated carbocycles. The summed E-state index contributed by atoms with van der Waals surface area (Å²) in [5.74, 6) is 1.09. The average Bonchev–Trinajstić information content (AvgIpc) is 2.65. The Morgan fingerprint density at radius 2 is 2.14 bits per heavy atom. The van der Waals surface area contributed by atoms with Gasteiger partial charge in [0.05, 0.1) is 6.61 Å². The van der Waals surface area contributed by atoms with Crippen molar-refractivity contribution in [1.82, 2.24) is 0 Å². The van der Waals surface area contributed by atoms with Gasteiger partial charge in [-0.3, -0.25) is 0 Å². The third-order valence-electron chi connectivity index (χ3n) is 2.89. The lowest BCUT2D eigenvalue weighted by Crippen LogP contribution is -2.13. The number of hydrogen-bond donors (Lipinski definition) is 1. The number of hydrogen-bond acceptors (Lipinski definition) is 2. The van der Waals surface area contributed by atoms with Gasteiger partial charge in [0.25, 0.3) is 0 Å². The first-order chi connectivity index (χ1) is 6.45. The molecule has 1 N–H and O–H groups in total. The molecule has 3 heteroatoms. The number of benzene rings is 1. The molecule has 2 aliphatic heterocycles. The number of halogens is 1. The summed E-state index contributed by atoms with van der Waals surface area (Å²) in [6.45, 7) is 1.97. The maximum atomic E-state index is 5.52. The van der Waals surface area contributed by atoms with Gasteiger partial charge in [0.1, 0.15) is 5.75 Å². The number of rotatable bonds is 0. The van der Waals surface area contributed by atoms with E-state index in [0.29, 0.717) is 0 Å². The molecule has 0 atom stereocenters. The first kappa shape index (κ1) is 9.66. The van der Waals surface area contributed by atoms with Crippen LogP contribution in [0.5, 0.6) is 5.75 Å². The highest BCUT2D eigenvalue weighted by Crippen LogP contribution is 2.36. The largest absolute Gasteiger partial charge is 0.493 e. The van der Waals surface area contributed by atoms with Crippen molar-refractivity contribution in [2.24, 2.45) is 0 Å². The Morgan fingerprint density at radius 1 is 1.21 bits per heavy atom. The molecule has 0 spiro atoms. The summed E-state index contributed by atoms with van der Waals surface area (Å²) in [5, 5.41) is 3.48. The maximum absolute atomic E-state index is 5.52. The van der Waals surface area contributed by atoms with Gasteiger partial charge in [-0.25, -0.2) is 0 Å².